The third-order valence-corrected chi connectivity index (χ3v) is 2.76. The number of esters is 1. The van der Waals surface area contributed by atoms with Gasteiger partial charge in [-0.2, -0.15) is 0 Å². The first-order valence-electron chi connectivity index (χ1n) is 5.53. The minimum atomic E-state index is -1.71. The molecule has 0 aliphatic heterocycles. The molecule has 0 N–H and O–H groups in total. The average Bonchev–Trinajstić information content (AvgIpc) is 2.12. The van der Waals surface area contributed by atoms with Crippen LogP contribution in [0.25, 0.3) is 0 Å². The van der Waals surface area contributed by atoms with Gasteiger partial charge in [-0.15, -0.1) is 0 Å². The van der Waals surface area contributed by atoms with Crippen LogP contribution in [0.5, 0.6) is 0 Å². The Labute approximate surface area is 128 Å². The summed E-state index contributed by atoms with van der Waals surface area (Å²) in [4.78, 5) is 24.2. The fraction of sp³-hybridized carbons (Fsp3) is 0.818. The van der Waals surface area contributed by atoms with Crippen molar-refractivity contribution in [3.63, 3.8) is 0 Å². The summed E-state index contributed by atoms with van der Waals surface area (Å²) in [5, 5.41) is 0. The van der Waals surface area contributed by atoms with Gasteiger partial charge in [0.05, 0.1) is 0 Å². The largest absolute Gasteiger partial charge is 0.457 e. The van der Waals surface area contributed by atoms with E-state index in [4.69, 9.17) is 44.3 Å². The van der Waals surface area contributed by atoms with E-state index in [9.17, 15) is 9.59 Å². The summed E-state index contributed by atoms with van der Waals surface area (Å²) < 4.78 is 8.25. The zero-order valence-corrected chi connectivity index (χ0v) is 13.8. The molecule has 0 saturated carbocycles. The van der Waals surface area contributed by atoms with E-state index in [2.05, 4.69) is 0 Å². The Kier molecular flexibility index (Phi) is 6.72. The van der Waals surface area contributed by atoms with Crippen LogP contribution in [0, 0.1) is 0 Å². The second-order valence-electron chi connectivity index (χ2n) is 5.01. The maximum Gasteiger partial charge on any atom is 0.410 e. The Balaban J connectivity index is 4.31. The Hall–Kier alpha value is -0.390. The summed E-state index contributed by atoms with van der Waals surface area (Å²) in [6.45, 7) is 6.32. The molecule has 0 radical (unpaired) electrons. The molecule has 19 heavy (non-hydrogen) atoms. The van der Waals surface area contributed by atoms with Crippen molar-refractivity contribution >= 4 is 46.9 Å². The number of carbonyl (C=O) groups is 2. The Morgan fingerprint density at radius 2 is 1.68 bits per heavy atom. The van der Waals surface area contributed by atoms with Gasteiger partial charge in [-0.05, 0) is 27.7 Å². The summed E-state index contributed by atoms with van der Waals surface area (Å²) >= 11 is 16.7. The predicted molar refractivity (Wildman–Crippen MR) is 74.7 cm³/mol. The molecule has 0 aliphatic rings. The Morgan fingerprint density at radius 3 is 2.05 bits per heavy atom. The second-order valence-corrected chi connectivity index (χ2v) is 7.38. The summed E-state index contributed by atoms with van der Waals surface area (Å²) in [7, 11) is 1.41. The van der Waals surface area contributed by atoms with Crippen LogP contribution in [-0.4, -0.2) is 46.1 Å². The first-order chi connectivity index (χ1) is 8.33. The van der Waals surface area contributed by atoms with Crippen molar-refractivity contribution in [2.75, 3.05) is 13.6 Å². The third kappa shape index (κ3) is 8.39. The van der Waals surface area contributed by atoms with E-state index in [0.717, 1.165) is 4.90 Å². The lowest BCUT2D eigenvalue weighted by Gasteiger charge is -2.25. The highest BCUT2D eigenvalue weighted by Gasteiger charge is 2.32. The van der Waals surface area contributed by atoms with E-state index in [1.165, 1.54) is 14.0 Å². The molecular formula is C11H18Cl3NO4. The molecule has 0 bridgehead atoms. The van der Waals surface area contributed by atoms with Crippen molar-refractivity contribution in [2.45, 2.75) is 43.2 Å². The number of hydrogen-bond donors (Lipinski definition) is 0. The maximum absolute atomic E-state index is 11.6. The van der Waals surface area contributed by atoms with Gasteiger partial charge in [-0.3, -0.25) is 4.79 Å². The maximum atomic E-state index is 11.6. The predicted octanol–water partition coefficient (Wildman–Crippen LogP) is 3.16. The van der Waals surface area contributed by atoms with Crippen LogP contribution in [0.2, 0.25) is 0 Å². The highest BCUT2D eigenvalue weighted by molar-refractivity contribution is 6.68. The molecule has 112 valence electrons. The lowest BCUT2D eigenvalue weighted by Crippen LogP contribution is -2.39. The van der Waals surface area contributed by atoms with Crippen molar-refractivity contribution in [3.8, 4) is 0 Å². The third-order valence-electron chi connectivity index (χ3n) is 1.84. The number of ether oxygens (including phenoxy) is 2. The summed E-state index contributed by atoms with van der Waals surface area (Å²) in [6.07, 6.45) is -1.55. The quantitative estimate of drug-likeness (QED) is 0.587. The fourth-order valence-electron chi connectivity index (χ4n) is 0.899. The van der Waals surface area contributed by atoms with Crippen molar-refractivity contribution in [1.82, 2.24) is 4.90 Å². The summed E-state index contributed by atoms with van der Waals surface area (Å²) in [5.41, 5.74) is -0.639. The Morgan fingerprint density at radius 1 is 1.21 bits per heavy atom. The van der Waals surface area contributed by atoms with Gasteiger partial charge >= 0.3 is 12.1 Å². The number of hydrogen-bond acceptors (Lipinski definition) is 4. The molecule has 0 heterocycles. The number of likely N-dealkylation sites (N-methyl/N-ethyl adjacent to an activating group) is 1. The van der Waals surface area contributed by atoms with E-state index >= 15 is 0 Å². The van der Waals surface area contributed by atoms with Gasteiger partial charge < -0.3 is 14.4 Å². The molecule has 0 fully saturated rings. The SMILES string of the molecule is CC(OC(=O)CN(C)C(=O)OC(C)(C)C)C(Cl)(Cl)Cl. The molecule has 0 aromatic rings. The van der Waals surface area contributed by atoms with Crippen molar-refractivity contribution < 1.29 is 19.1 Å². The first kappa shape index (κ1) is 18.6. The molecule has 1 amide bonds. The van der Waals surface area contributed by atoms with Crippen LogP contribution in [0.3, 0.4) is 0 Å². The number of rotatable bonds is 3. The van der Waals surface area contributed by atoms with Gasteiger partial charge in [0.15, 0.2) is 0 Å². The van der Waals surface area contributed by atoms with Gasteiger partial charge in [0.1, 0.15) is 18.2 Å². The van der Waals surface area contributed by atoms with Crippen LogP contribution in [0.1, 0.15) is 27.7 Å². The van der Waals surface area contributed by atoms with E-state index in [1.54, 1.807) is 20.8 Å². The van der Waals surface area contributed by atoms with Crippen molar-refractivity contribution in [1.29, 1.82) is 0 Å². The van der Waals surface area contributed by atoms with Crippen LogP contribution in [0.15, 0.2) is 0 Å². The van der Waals surface area contributed by atoms with Crippen LogP contribution >= 0.6 is 34.8 Å². The van der Waals surface area contributed by atoms with Crippen LogP contribution < -0.4 is 0 Å². The molecular weight excluding hydrogens is 316 g/mol. The minimum absolute atomic E-state index is 0.292. The number of nitrogens with zero attached hydrogens (tertiary/aromatic N) is 1. The number of amides is 1. The molecule has 8 heteroatoms. The smallest absolute Gasteiger partial charge is 0.410 e. The first-order valence-corrected chi connectivity index (χ1v) is 6.66. The molecule has 0 spiro atoms. The number of halogens is 3. The van der Waals surface area contributed by atoms with Gasteiger partial charge in [0, 0.05) is 7.05 Å². The number of carbonyl (C=O) groups excluding carboxylic acids is 2. The molecule has 0 aliphatic carbocycles. The van der Waals surface area contributed by atoms with E-state index in [-0.39, 0.29) is 6.54 Å². The molecule has 0 aromatic heterocycles. The standard InChI is InChI=1S/C11H18Cl3NO4/c1-7(11(12,13)14)18-8(16)6-15(5)9(17)19-10(2,3)4/h7H,6H2,1-5H3. The van der Waals surface area contributed by atoms with Gasteiger partial charge in [0.2, 0.25) is 3.79 Å². The molecule has 0 saturated heterocycles. The number of alkyl halides is 3. The lowest BCUT2D eigenvalue weighted by molar-refractivity contribution is -0.148. The second kappa shape index (κ2) is 6.86. The van der Waals surface area contributed by atoms with E-state index in [1.807, 2.05) is 0 Å². The van der Waals surface area contributed by atoms with E-state index < -0.39 is 27.6 Å². The van der Waals surface area contributed by atoms with Gasteiger partial charge in [0.25, 0.3) is 0 Å². The normalized spacial score (nSPS) is 13.7. The van der Waals surface area contributed by atoms with E-state index in [0.29, 0.717) is 0 Å². The zero-order valence-electron chi connectivity index (χ0n) is 11.5. The monoisotopic (exact) mass is 333 g/mol. The molecule has 1 atom stereocenters. The molecule has 1 unspecified atom stereocenters. The topological polar surface area (TPSA) is 55.8 Å². The van der Waals surface area contributed by atoms with Crippen LogP contribution in [-0.2, 0) is 14.3 Å². The molecule has 0 aromatic carbocycles. The highest BCUT2D eigenvalue weighted by Crippen LogP contribution is 2.31. The van der Waals surface area contributed by atoms with Gasteiger partial charge in [-0.25, -0.2) is 4.79 Å². The highest BCUT2D eigenvalue weighted by atomic mass is 35.6. The Bertz CT molecular complexity index is 336. The van der Waals surface area contributed by atoms with Gasteiger partial charge in [-0.1, -0.05) is 34.8 Å². The summed E-state index contributed by atoms with van der Waals surface area (Å²) in [6, 6.07) is 0. The van der Waals surface area contributed by atoms with Crippen molar-refractivity contribution in [2.24, 2.45) is 0 Å². The molecule has 5 nitrogen and oxygen atoms in total. The summed E-state index contributed by atoms with van der Waals surface area (Å²) in [5.74, 6) is -0.688. The minimum Gasteiger partial charge on any atom is -0.457 e. The zero-order chi connectivity index (χ0) is 15.4. The average molecular weight is 335 g/mol. The fourth-order valence-corrected chi connectivity index (χ4v) is 1.03. The van der Waals surface area contributed by atoms with Crippen molar-refractivity contribution in [3.05, 3.63) is 0 Å². The lowest BCUT2D eigenvalue weighted by atomic mass is 10.2. The van der Waals surface area contributed by atoms with Crippen LogP contribution in [0.4, 0.5) is 4.79 Å². The molecule has 0 rings (SSSR count).